The van der Waals surface area contributed by atoms with E-state index in [1.54, 1.807) is 18.2 Å². The summed E-state index contributed by atoms with van der Waals surface area (Å²) in [6.07, 6.45) is -0.183. The fourth-order valence-electron chi connectivity index (χ4n) is 2.68. The molecule has 0 amide bonds. The lowest BCUT2D eigenvalue weighted by Gasteiger charge is -2.06. The number of carbonyl (C=O) groups excluding carboxylic acids is 1. The Hall–Kier alpha value is -3.68. The number of nitro benzene ring substituents is 1. The highest BCUT2D eigenvalue weighted by atomic mass is 16.6. The number of fused-ring (bicyclic) bond motifs is 1. The van der Waals surface area contributed by atoms with Gasteiger partial charge in [-0.2, -0.15) is 0 Å². The smallest absolute Gasteiger partial charge is 0.347 e. The summed E-state index contributed by atoms with van der Waals surface area (Å²) in [6, 6.07) is 10.6. The third-order valence-corrected chi connectivity index (χ3v) is 4.05. The normalized spacial score (nSPS) is 10.6. The van der Waals surface area contributed by atoms with Crippen LogP contribution in [0.2, 0.25) is 0 Å². The summed E-state index contributed by atoms with van der Waals surface area (Å²) >= 11 is 0. The minimum absolute atomic E-state index is 0.0929. The molecule has 1 aromatic heterocycles. The average Bonchev–Trinajstić information content (AvgIpc) is 2.66. The van der Waals surface area contributed by atoms with E-state index in [1.807, 2.05) is 0 Å². The first-order valence-electron chi connectivity index (χ1n) is 7.89. The second-order valence-electron chi connectivity index (χ2n) is 5.71. The molecule has 0 aliphatic heterocycles. The standard InChI is InChI=1S/C19H15NO7/c1-25-13-5-4-12-9-14(19(22)27-18(12)10-13)16(21)8-11-3-6-17(26-2)15(7-11)20(23)24/h3-7,9-10H,8H2,1-2H3. The molecule has 3 aromatic rings. The molecule has 27 heavy (non-hydrogen) atoms. The number of rotatable bonds is 6. The van der Waals surface area contributed by atoms with Crippen LogP contribution in [0.5, 0.6) is 11.5 Å². The minimum atomic E-state index is -0.774. The van der Waals surface area contributed by atoms with Crippen LogP contribution in [0.3, 0.4) is 0 Å². The number of methoxy groups -OCH3 is 2. The highest BCUT2D eigenvalue weighted by molar-refractivity contribution is 5.99. The molecular weight excluding hydrogens is 354 g/mol. The van der Waals surface area contributed by atoms with Crippen molar-refractivity contribution < 1.29 is 23.6 Å². The summed E-state index contributed by atoms with van der Waals surface area (Å²) < 4.78 is 15.2. The van der Waals surface area contributed by atoms with Crippen molar-refractivity contribution in [2.24, 2.45) is 0 Å². The average molecular weight is 369 g/mol. The van der Waals surface area contributed by atoms with Crippen LogP contribution in [0.1, 0.15) is 15.9 Å². The van der Waals surface area contributed by atoms with Gasteiger partial charge in [-0.15, -0.1) is 0 Å². The molecule has 0 aliphatic rings. The van der Waals surface area contributed by atoms with Gasteiger partial charge in [0.1, 0.15) is 16.9 Å². The van der Waals surface area contributed by atoms with Gasteiger partial charge < -0.3 is 13.9 Å². The highest BCUT2D eigenvalue weighted by Crippen LogP contribution is 2.28. The first kappa shape index (κ1) is 18.1. The zero-order valence-electron chi connectivity index (χ0n) is 14.6. The second-order valence-corrected chi connectivity index (χ2v) is 5.71. The Morgan fingerprint density at radius 2 is 1.89 bits per heavy atom. The van der Waals surface area contributed by atoms with Crippen LogP contribution in [0.4, 0.5) is 5.69 Å². The number of nitro groups is 1. The molecule has 0 aliphatic carbocycles. The highest BCUT2D eigenvalue weighted by Gasteiger charge is 2.19. The Balaban J connectivity index is 1.94. The summed E-state index contributed by atoms with van der Waals surface area (Å²) in [5, 5.41) is 11.7. The van der Waals surface area contributed by atoms with E-state index in [4.69, 9.17) is 13.9 Å². The fraction of sp³-hybridized carbons (Fsp3) is 0.158. The summed E-state index contributed by atoms with van der Waals surface area (Å²) in [7, 11) is 2.81. The van der Waals surface area contributed by atoms with E-state index in [0.29, 0.717) is 22.3 Å². The zero-order chi connectivity index (χ0) is 19.6. The third-order valence-electron chi connectivity index (χ3n) is 4.05. The quantitative estimate of drug-likeness (QED) is 0.284. The maximum Gasteiger partial charge on any atom is 0.347 e. The number of carbonyl (C=O) groups is 1. The summed E-state index contributed by atoms with van der Waals surface area (Å²) in [4.78, 5) is 35.2. The van der Waals surface area contributed by atoms with Crippen molar-refractivity contribution in [3.05, 3.63) is 74.1 Å². The van der Waals surface area contributed by atoms with Gasteiger partial charge in [0.15, 0.2) is 11.5 Å². The summed E-state index contributed by atoms with van der Waals surface area (Å²) in [6.45, 7) is 0. The van der Waals surface area contributed by atoms with Crippen molar-refractivity contribution in [3.63, 3.8) is 0 Å². The second kappa shape index (κ2) is 7.28. The molecule has 8 nitrogen and oxygen atoms in total. The molecule has 0 saturated carbocycles. The van der Waals surface area contributed by atoms with E-state index in [2.05, 4.69) is 0 Å². The summed E-state index contributed by atoms with van der Waals surface area (Å²) in [5.74, 6) is 0.117. The third kappa shape index (κ3) is 3.64. The Morgan fingerprint density at radius 3 is 2.56 bits per heavy atom. The number of ketones is 1. The number of hydrogen-bond donors (Lipinski definition) is 0. The number of nitrogens with zero attached hydrogens (tertiary/aromatic N) is 1. The number of hydrogen-bond acceptors (Lipinski definition) is 7. The van der Waals surface area contributed by atoms with E-state index in [-0.39, 0.29) is 23.4 Å². The van der Waals surface area contributed by atoms with E-state index in [0.717, 1.165) is 0 Å². The van der Waals surface area contributed by atoms with E-state index < -0.39 is 16.3 Å². The van der Waals surface area contributed by atoms with Gasteiger partial charge in [0, 0.05) is 23.9 Å². The molecule has 0 saturated heterocycles. The van der Waals surface area contributed by atoms with Gasteiger partial charge in [0.05, 0.1) is 19.1 Å². The van der Waals surface area contributed by atoms with Gasteiger partial charge in [-0.25, -0.2) is 4.79 Å². The molecule has 0 unspecified atom stereocenters. The first-order valence-corrected chi connectivity index (χ1v) is 7.89. The van der Waals surface area contributed by atoms with Crippen molar-refractivity contribution in [1.82, 2.24) is 0 Å². The van der Waals surface area contributed by atoms with Crippen LogP contribution < -0.4 is 15.1 Å². The molecular formula is C19H15NO7. The Morgan fingerprint density at radius 1 is 1.11 bits per heavy atom. The maximum absolute atomic E-state index is 12.6. The molecule has 1 heterocycles. The molecule has 3 rings (SSSR count). The fourth-order valence-corrected chi connectivity index (χ4v) is 2.68. The van der Waals surface area contributed by atoms with Crippen molar-refractivity contribution in [1.29, 1.82) is 0 Å². The lowest BCUT2D eigenvalue weighted by Crippen LogP contribution is -2.15. The Bertz CT molecular complexity index is 1100. The SMILES string of the molecule is COc1ccc2cc(C(=O)Cc3ccc(OC)c([N+](=O)[O-])c3)c(=O)oc2c1. The topological polar surface area (TPSA) is 109 Å². The van der Waals surface area contributed by atoms with Crippen LogP contribution in [0, 0.1) is 10.1 Å². The number of Topliss-reactive ketones (excluding diaryl/α,β-unsaturated/α-hetero) is 1. The molecule has 0 spiro atoms. The molecule has 2 aromatic carbocycles. The Labute approximate surface area is 153 Å². The van der Waals surface area contributed by atoms with Gasteiger partial charge in [-0.3, -0.25) is 14.9 Å². The van der Waals surface area contributed by atoms with Gasteiger partial charge in [0.25, 0.3) is 0 Å². The largest absolute Gasteiger partial charge is 0.497 e. The molecule has 0 radical (unpaired) electrons. The van der Waals surface area contributed by atoms with Crippen LogP contribution in [-0.2, 0) is 6.42 Å². The molecule has 0 N–H and O–H groups in total. The lowest BCUT2D eigenvalue weighted by atomic mass is 10.0. The predicted molar refractivity (Wildman–Crippen MR) is 96.7 cm³/mol. The van der Waals surface area contributed by atoms with E-state index in [1.165, 1.54) is 38.5 Å². The van der Waals surface area contributed by atoms with Crippen LogP contribution in [-0.4, -0.2) is 24.9 Å². The van der Waals surface area contributed by atoms with E-state index >= 15 is 0 Å². The zero-order valence-corrected chi connectivity index (χ0v) is 14.6. The molecule has 0 fully saturated rings. The Kier molecular flexibility index (Phi) is 4.89. The van der Waals surface area contributed by atoms with Crippen molar-refractivity contribution in [2.75, 3.05) is 14.2 Å². The summed E-state index contributed by atoms with van der Waals surface area (Å²) in [5.41, 5.74) is -0.451. The first-order chi connectivity index (χ1) is 12.9. The van der Waals surface area contributed by atoms with Crippen molar-refractivity contribution in [2.45, 2.75) is 6.42 Å². The minimum Gasteiger partial charge on any atom is -0.497 e. The van der Waals surface area contributed by atoms with Crippen LogP contribution >= 0.6 is 0 Å². The van der Waals surface area contributed by atoms with Crippen LogP contribution in [0.25, 0.3) is 11.0 Å². The molecule has 8 heteroatoms. The monoisotopic (exact) mass is 369 g/mol. The predicted octanol–water partition coefficient (Wildman–Crippen LogP) is 3.14. The van der Waals surface area contributed by atoms with Gasteiger partial charge in [0.2, 0.25) is 0 Å². The van der Waals surface area contributed by atoms with Crippen molar-refractivity contribution >= 4 is 22.4 Å². The van der Waals surface area contributed by atoms with Crippen molar-refractivity contribution in [3.8, 4) is 11.5 Å². The lowest BCUT2D eigenvalue weighted by molar-refractivity contribution is -0.385. The molecule has 138 valence electrons. The van der Waals surface area contributed by atoms with Gasteiger partial charge >= 0.3 is 11.3 Å². The van der Waals surface area contributed by atoms with Gasteiger partial charge in [-0.05, 0) is 29.8 Å². The maximum atomic E-state index is 12.6. The number of ether oxygens (including phenoxy) is 2. The number of benzene rings is 2. The van der Waals surface area contributed by atoms with E-state index in [9.17, 15) is 19.7 Å². The molecule has 0 bridgehead atoms. The van der Waals surface area contributed by atoms with Crippen LogP contribution in [0.15, 0.2) is 51.7 Å². The molecule has 0 atom stereocenters. The van der Waals surface area contributed by atoms with Gasteiger partial charge in [-0.1, -0.05) is 6.07 Å².